The molecule has 12 heavy (non-hydrogen) atoms. The first-order valence-corrected chi connectivity index (χ1v) is 5.94. The van der Waals surface area contributed by atoms with Crippen molar-refractivity contribution in [2.24, 2.45) is 0 Å². The van der Waals surface area contributed by atoms with Gasteiger partial charge in [-0.3, -0.25) is 9.55 Å². The van der Waals surface area contributed by atoms with Crippen LogP contribution < -0.4 is 0 Å². The van der Waals surface area contributed by atoms with E-state index in [1.807, 2.05) is 0 Å². The summed E-state index contributed by atoms with van der Waals surface area (Å²) in [5.41, 5.74) is -0.196. The van der Waals surface area contributed by atoms with Crippen LogP contribution in [0.2, 0.25) is 0 Å². The van der Waals surface area contributed by atoms with E-state index >= 15 is 0 Å². The Balaban J connectivity index is 2.50. The summed E-state index contributed by atoms with van der Waals surface area (Å²) in [6.45, 7) is 0. The Hall–Kier alpha value is -0.350. The third-order valence-corrected chi connectivity index (χ3v) is 3.47. The molecule has 1 heterocycles. The molecule has 1 aromatic heterocycles. The van der Waals surface area contributed by atoms with E-state index in [0.29, 0.717) is 0 Å². The molecule has 0 aliphatic rings. The summed E-state index contributed by atoms with van der Waals surface area (Å²) < 4.78 is 10.5. The van der Waals surface area contributed by atoms with Gasteiger partial charge in [0.1, 0.15) is 5.49 Å². The molecule has 0 aliphatic heterocycles. The van der Waals surface area contributed by atoms with Crippen LogP contribution in [0.3, 0.4) is 0 Å². The van der Waals surface area contributed by atoms with E-state index in [9.17, 15) is 4.57 Å². The van der Waals surface area contributed by atoms with Crippen LogP contribution >= 0.6 is 19.4 Å². The van der Waals surface area contributed by atoms with Gasteiger partial charge >= 0.3 is 7.60 Å². The van der Waals surface area contributed by atoms with Crippen LogP contribution in [0.25, 0.3) is 0 Å². The van der Waals surface area contributed by atoms with Gasteiger partial charge in [-0.2, -0.15) is 0 Å². The number of hydrogen-bond donors (Lipinski definition) is 2. The van der Waals surface area contributed by atoms with E-state index < -0.39 is 7.60 Å². The average molecular weight is 205 g/mol. The van der Waals surface area contributed by atoms with Crippen molar-refractivity contribution in [1.82, 2.24) is 4.98 Å². The van der Waals surface area contributed by atoms with Crippen LogP contribution in [0.1, 0.15) is 0 Å². The van der Waals surface area contributed by atoms with Gasteiger partial charge in [0.15, 0.2) is 0 Å². The monoisotopic (exact) mass is 205 g/mol. The van der Waals surface area contributed by atoms with Crippen molar-refractivity contribution >= 4 is 19.4 Å². The fraction of sp³-hybridized carbons (Fsp3) is 0.167. The molecule has 1 rings (SSSR count). The lowest BCUT2D eigenvalue weighted by molar-refractivity contribution is 0.379. The number of pyridine rings is 1. The fourth-order valence-electron chi connectivity index (χ4n) is 0.591. The third-order valence-electron chi connectivity index (χ3n) is 1.03. The SMILES string of the molecule is O=P(O)(O)CSc1cccnc1. The number of rotatable bonds is 3. The lowest BCUT2D eigenvalue weighted by Crippen LogP contribution is -1.82. The van der Waals surface area contributed by atoms with E-state index in [4.69, 9.17) is 9.79 Å². The maximum atomic E-state index is 10.5. The molecule has 0 aromatic carbocycles. The van der Waals surface area contributed by atoms with Gasteiger partial charge in [-0.1, -0.05) is 0 Å². The molecule has 4 nitrogen and oxygen atoms in total. The van der Waals surface area contributed by atoms with Crippen LogP contribution in [0, 0.1) is 0 Å². The first-order chi connectivity index (χ1) is 5.58. The molecule has 2 N–H and O–H groups in total. The van der Waals surface area contributed by atoms with E-state index in [1.54, 1.807) is 24.5 Å². The molecule has 0 amide bonds. The van der Waals surface area contributed by atoms with Gasteiger partial charge in [-0.15, -0.1) is 11.8 Å². The predicted octanol–water partition coefficient (Wildman–Crippen LogP) is 1.31. The molecular formula is C6H8NO3PS. The Bertz CT molecular complexity index is 286. The van der Waals surface area contributed by atoms with Crippen LogP contribution in [0.5, 0.6) is 0 Å². The molecule has 6 heteroatoms. The Morgan fingerprint density at radius 2 is 2.33 bits per heavy atom. The van der Waals surface area contributed by atoms with Gasteiger partial charge in [0.05, 0.1) is 0 Å². The van der Waals surface area contributed by atoms with Crippen molar-refractivity contribution in [3.05, 3.63) is 24.5 Å². The molecule has 0 saturated carbocycles. The summed E-state index contributed by atoms with van der Waals surface area (Å²) in [4.78, 5) is 21.7. The van der Waals surface area contributed by atoms with Crippen molar-refractivity contribution < 1.29 is 14.4 Å². The normalized spacial score (nSPS) is 11.5. The van der Waals surface area contributed by atoms with Crippen molar-refractivity contribution in [3.63, 3.8) is 0 Å². The van der Waals surface area contributed by atoms with Gasteiger partial charge in [0.25, 0.3) is 0 Å². The van der Waals surface area contributed by atoms with Gasteiger partial charge in [0, 0.05) is 17.3 Å². The molecule has 0 bridgehead atoms. The molecule has 0 radical (unpaired) electrons. The number of nitrogens with zero attached hydrogens (tertiary/aromatic N) is 1. The lowest BCUT2D eigenvalue weighted by Gasteiger charge is -2.01. The largest absolute Gasteiger partial charge is 0.335 e. The van der Waals surface area contributed by atoms with Gasteiger partial charge < -0.3 is 9.79 Å². The fourth-order valence-corrected chi connectivity index (χ4v) is 2.17. The second kappa shape index (κ2) is 4.05. The molecule has 1 aromatic rings. The number of aromatic nitrogens is 1. The topological polar surface area (TPSA) is 70.4 Å². The predicted molar refractivity (Wildman–Crippen MR) is 47.0 cm³/mol. The highest BCUT2D eigenvalue weighted by molar-refractivity contribution is 8.04. The Kier molecular flexibility index (Phi) is 3.29. The molecule has 0 saturated heterocycles. The summed E-state index contributed by atoms with van der Waals surface area (Å²) in [5.74, 6) is 0. The molecule has 0 spiro atoms. The van der Waals surface area contributed by atoms with Crippen molar-refractivity contribution in [2.75, 3.05) is 5.49 Å². The molecule has 66 valence electrons. The van der Waals surface area contributed by atoms with Crippen LogP contribution in [-0.2, 0) is 4.57 Å². The highest BCUT2D eigenvalue weighted by atomic mass is 32.2. The van der Waals surface area contributed by atoms with E-state index in [2.05, 4.69) is 4.98 Å². The van der Waals surface area contributed by atoms with Gasteiger partial charge in [-0.25, -0.2) is 0 Å². The lowest BCUT2D eigenvalue weighted by atomic mass is 10.5. The van der Waals surface area contributed by atoms with E-state index in [-0.39, 0.29) is 5.49 Å². The highest BCUT2D eigenvalue weighted by Crippen LogP contribution is 2.40. The van der Waals surface area contributed by atoms with Crippen molar-refractivity contribution in [3.8, 4) is 0 Å². The minimum Gasteiger partial charge on any atom is -0.324 e. The van der Waals surface area contributed by atoms with Crippen molar-refractivity contribution in [2.45, 2.75) is 4.90 Å². The molecule has 0 unspecified atom stereocenters. The van der Waals surface area contributed by atoms with Crippen LogP contribution in [0.4, 0.5) is 0 Å². The zero-order chi connectivity index (χ0) is 9.03. The maximum Gasteiger partial charge on any atom is 0.335 e. The molecular weight excluding hydrogens is 197 g/mol. The first-order valence-electron chi connectivity index (χ1n) is 3.15. The Morgan fingerprint density at radius 3 is 2.83 bits per heavy atom. The summed E-state index contributed by atoms with van der Waals surface area (Å²) >= 11 is 1.10. The maximum absolute atomic E-state index is 10.5. The standard InChI is InChI=1S/C6H8NO3PS/c8-11(9,10)5-12-6-2-1-3-7-4-6/h1-4H,5H2,(H2,8,9,10). The van der Waals surface area contributed by atoms with E-state index in [1.165, 1.54) is 0 Å². The zero-order valence-electron chi connectivity index (χ0n) is 6.12. The second-order valence-electron chi connectivity index (χ2n) is 2.13. The quantitative estimate of drug-likeness (QED) is 0.575. The van der Waals surface area contributed by atoms with Crippen LogP contribution in [0.15, 0.2) is 29.4 Å². The number of hydrogen-bond acceptors (Lipinski definition) is 3. The molecule has 0 aliphatic carbocycles. The highest BCUT2D eigenvalue weighted by Gasteiger charge is 2.12. The number of thioether (sulfide) groups is 1. The zero-order valence-corrected chi connectivity index (χ0v) is 7.83. The third kappa shape index (κ3) is 3.88. The van der Waals surface area contributed by atoms with Crippen LogP contribution in [-0.4, -0.2) is 20.3 Å². The average Bonchev–Trinajstić information content (AvgIpc) is 2.02. The second-order valence-corrected chi connectivity index (χ2v) is 5.25. The summed E-state index contributed by atoms with van der Waals surface area (Å²) in [6, 6.07) is 3.48. The van der Waals surface area contributed by atoms with Crippen molar-refractivity contribution in [1.29, 1.82) is 0 Å². The molecule has 0 atom stereocenters. The summed E-state index contributed by atoms with van der Waals surface area (Å²) in [6.07, 6.45) is 3.18. The minimum absolute atomic E-state index is 0.196. The minimum atomic E-state index is -3.90. The first kappa shape index (κ1) is 9.74. The van der Waals surface area contributed by atoms with Gasteiger partial charge in [0.2, 0.25) is 0 Å². The summed E-state index contributed by atoms with van der Waals surface area (Å²) in [7, 11) is -3.90. The van der Waals surface area contributed by atoms with Gasteiger partial charge in [-0.05, 0) is 12.1 Å². The smallest absolute Gasteiger partial charge is 0.324 e. The molecule has 0 fully saturated rings. The van der Waals surface area contributed by atoms with E-state index in [0.717, 1.165) is 16.7 Å². The Labute approximate surface area is 74.2 Å². The Morgan fingerprint density at radius 1 is 1.58 bits per heavy atom. The summed E-state index contributed by atoms with van der Waals surface area (Å²) in [5, 5.41) is 0.